The standard InChI is InChI=1S/C21H36N2O2/c1-9-21(10-2,23-19(24)25-20(6,7)8)14-22-17(5)18-12-11-15(3)16(4)13-18/h11-13,17,22H,9-10,14H2,1-8H3,(H,23,24). The molecule has 1 aromatic rings. The van der Waals surface area contributed by atoms with Crippen molar-refractivity contribution in [3.8, 4) is 0 Å². The predicted octanol–water partition coefficient (Wildman–Crippen LogP) is 5.04. The van der Waals surface area contributed by atoms with Crippen LogP contribution in [-0.2, 0) is 4.74 Å². The molecule has 1 amide bonds. The molecule has 0 radical (unpaired) electrons. The first-order valence-electron chi connectivity index (χ1n) is 9.33. The molecule has 0 aliphatic carbocycles. The fraction of sp³-hybridized carbons (Fsp3) is 0.667. The minimum atomic E-state index is -0.489. The first kappa shape index (κ1) is 21.5. The summed E-state index contributed by atoms with van der Waals surface area (Å²) in [6.07, 6.45) is 1.34. The van der Waals surface area contributed by atoms with E-state index in [9.17, 15) is 4.79 Å². The van der Waals surface area contributed by atoms with Crippen molar-refractivity contribution in [2.45, 2.75) is 85.4 Å². The van der Waals surface area contributed by atoms with Gasteiger partial charge in [0.25, 0.3) is 0 Å². The predicted molar refractivity (Wildman–Crippen MR) is 105 cm³/mol. The summed E-state index contributed by atoms with van der Waals surface area (Å²) in [5.74, 6) is 0. The van der Waals surface area contributed by atoms with Crippen LogP contribution in [0, 0.1) is 13.8 Å². The molecule has 25 heavy (non-hydrogen) atoms. The second kappa shape index (κ2) is 8.70. The van der Waals surface area contributed by atoms with E-state index in [1.165, 1.54) is 16.7 Å². The maximum atomic E-state index is 12.2. The molecule has 1 unspecified atom stereocenters. The van der Waals surface area contributed by atoms with Crippen LogP contribution in [-0.4, -0.2) is 23.8 Å². The molecule has 1 atom stereocenters. The summed E-state index contributed by atoms with van der Waals surface area (Å²) in [6.45, 7) is 17.0. The minimum Gasteiger partial charge on any atom is -0.444 e. The third-order valence-electron chi connectivity index (χ3n) is 4.90. The van der Waals surface area contributed by atoms with Crippen molar-refractivity contribution in [1.82, 2.24) is 10.6 Å². The first-order valence-corrected chi connectivity index (χ1v) is 9.33. The molecule has 1 rings (SSSR count). The third-order valence-corrected chi connectivity index (χ3v) is 4.90. The summed E-state index contributed by atoms with van der Waals surface area (Å²) in [5, 5.41) is 6.68. The van der Waals surface area contributed by atoms with Gasteiger partial charge in [0.05, 0.1) is 5.54 Å². The Bertz CT molecular complexity index is 572. The number of carbonyl (C=O) groups is 1. The van der Waals surface area contributed by atoms with Crippen molar-refractivity contribution in [2.24, 2.45) is 0 Å². The lowest BCUT2D eigenvalue weighted by molar-refractivity contribution is 0.0444. The molecule has 0 spiro atoms. The van der Waals surface area contributed by atoms with Gasteiger partial charge in [-0.2, -0.15) is 0 Å². The number of benzene rings is 1. The number of hydrogen-bond donors (Lipinski definition) is 2. The Balaban J connectivity index is 2.76. The van der Waals surface area contributed by atoms with Gasteiger partial charge in [-0.15, -0.1) is 0 Å². The first-order chi connectivity index (χ1) is 11.5. The van der Waals surface area contributed by atoms with Crippen LogP contribution in [0.5, 0.6) is 0 Å². The summed E-state index contributed by atoms with van der Waals surface area (Å²) in [4.78, 5) is 12.2. The molecule has 0 aromatic heterocycles. The highest BCUT2D eigenvalue weighted by molar-refractivity contribution is 5.68. The number of nitrogens with one attached hydrogen (secondary N) is 2. The van der Waals surface area contributed by atoms with E-state index in [1.807, 2.05) is 20.8 Å². The summed E-state index contributed by atoms with van der Waals surface area (Å²) < 4.78 is 5.44. The van der Waals surface area contributed by atoms with Crippen LogP contribution < -0.4 is 10.6 Å². The second-order valence-electron chi connectivity index (χ2n) is 8.06. The van der Waals surface area contributed by atoms with Crippen molar-refractivity contribution in [3.63, 3.8) is 0 Å². The molecule has 4 heteroatoms. The number of amides is 1. The molecule has 4 nitrogen and oxygen atoms in total. The van der Waals surface area contributed by atoms with Gasteiger partial charge in [-0.1, -0.05) is 32.0 Å². The lowest BCUT2D eigenvalue weighted by Gasteiger charge is -2.35. The van der Waals surface area contributed by atoms with Crippen LogP contribution in [0.25, 0.3) is 0 Å². The van der Waals surface area contributed by atoms with Crippen molar-refractivity contribution < 1.29 is 9.53 Å². The van der Waals surface area contributed by atoms with E-state index < -0.39 is 5.60 Å². The summed E-state index contributed by atoms with van der Waals surface area (Å²) in [7, 11) is 0. The molecule has 2 N–H and O–H groups in total. The smallest absolute Gasteiger partial charge is 0.408 e. The van der Waals surface area contributed by atoms with E-state index in [0.29, 0.717) is 6.54 Å². The maximum absolute atomic E-state index is 12.2. The van der Waals surface area contributed by atoms with E-state index in [1.54, 1.807) is 0 Å². The normalized spacial score (nSPS) is 13.4. The Morgan fingerprint density at radius 2 is 1.72 bits per heavy atom. The molecule has 0 fully saturated rings. The Morgan fingerprint density at radius 1 is 1.12 bits per heavy atom. The molecular formula is C21H36N2O2. The minimum absolute atomic E-state index is 0.220. The zero-order valence-electron chi connectivity index (χ0n) is 17.2. The van der Waals surface area contributed by atoms with Crippen molar-refractivity contribution in [3.05, 3.63) is 34.9 Å². The Morgan fingerprint density at radius 3 is 2.20 bits per heavy atom. The van der Waals surface area contributed by atoms with Crippen LogP contribution in [0.2, 0.25) is 0 Å². The van der Waals surface area contributed by atoms with E-state index in [2.05, 4.69) is 63.5 Å². The molecule has 142 valence electrons. The lowest BCUT2D eigenvalue weighted by Crippen LogP contribution is -2.55. The Kier molecular flexibility index (Phi) is 7.48. The van der Waals surface area contributed by atoms with E-state index in [0.717, 1.165) is 12.8 Å². The van der Waals surface area contributed by atoms with Gasteiger partial charge in [0, 0.05) is 12.6 Å². The summed E-state index contributed by atoms with van der Waals surface area (Å²) in [5.41, 5.74) is 3.07. The number of alkyl carbamates (subject to hydrolysis) is 1. The van der Waals surface area contributed by atoms with Gasteiger partial charge >= 0.3 is 6.09 Å². The van der Waals surface area contributed by atoms with E-state index >= 15 is 0 Å². The molecule has 0 heterocycles. The number of ether oxygens (including phenoxy) is 1. The van der Waals surface area contributed by atoms with Crippen LogP contribution in [0.4, 0.5) is 4.79 Å². The number of aryl methyl sites for hydroxylation is 2. The zero-order valence-corrected chi connectivity index (χ0v) is 17.2. The Labute approximate surface area is 153 Å². The topological polar surface area (TPSA) is 50.4 Å². The molecular weight excluding hydrogens is 312 g/mol. The number of hydrogen-bond acceptors (Lipinski definition) is 3. The van der Waals surface area contributed by atoms with Crippen LogP contribution in [0.1, 0.15) is 77.1 Å². The Hall–Kier alpha value is -1.55. The van der Waals surface area contributed by atoms with Gasteiger partial charge in [-0.05, 0) is 71.1 Å². The van der Waals surface area contributed by atoms with Gasteiger partial charge in [0.15, 0.2) is 0 Å². The number of carbonyl (C=O) groups excluding carboxylic acids is 1. The quantitative estimate of drug-likeness (QED) is 0.726. The fourth-order valence-corrected chi connectivity index (χ4v) is 2.74. The SMILES string of the molecule is CCC(CC)(CNC(C)c1ccc(C)c(C)c1)NC(=O)OC(C)(C)C. The van der Waals surface area contributed by atoms with Gasteiger partial charge in [0.2, 0.25) is 0 Å². The lowest BCUT2D eigenvalue weighted by atomic mass is 9.92. The van der Waals surface area contributed by atoms with Crippen LogP contribution in [0.3, 0.4) is 0 Å². The summed E-state index contributed by atoms with van der Waals surface area (Å²) >= 11 is 0. The monoisotopic (exact) mass is 348 g/mol. The average molecular weight is 349 g/mol. The van der Waals surface area contributed by atoms with Crippen LogP contribution >= 0.6 is 0 Å². The highest BCUT2D eigenvalue weighted by atomic mass is 16.6. The molecule has 0 saturated heterocycles. The largest absolute Gasteiger partial charge is 0.444 e. The molecule has 0 aliphatic rings. The van der Waals surface area contributed by atoms with Crippen molar-refractivity contribution >= 4 is 6.09 Å². The van der Waals surface area contributed by atoms with Gasteiger partial charge in [-0.3, -0.25) is 0 Å². The summed E-state index contributed by atoms with van der Waals surface area (Å²) in [6, 6.07) is 6.78. The molecule has 1 aromatic carbocycles. The van der Waals surface area contributed by atoms with E-state index in [4.69, 9.17) is 4.74 Å². The van der Waals surface area contributed by atoms with Crippen molar-refractivity contribution in [2.75, 3.05) is 6.54 Å². The molecule has 0 aliphatic heterocycles. The molecule has 0 bridgehead atoms. The zero-order chi connectivity index (χ0) is 19.3. The van der Waals surface area contributed by atoms with E-state index in [-0.39, 0.29) is 17.7 Å². The maximum Gasteiger partial charge on any atom is 0.408 e. The van der Waals surface area contributed by atoms with Gasteiger partial charge in [0.1, 0.15) is 5.60 Å². The van der Waals surface area contributed by atoms with Crippen molar-refractivity contribution in [1.29, 1.82) is 0 Å². The highest BCUT2D eigenvalue weighted by Gasteiger charge is 2.30. The number of rotatable bonds is 7. The van der Waals surface area contributed by atoms with Crippen LogP contribution in [0.15, 0.2) is 18.2 Å². The highest BCUT2D eigenvalue weighted by Crippen LogP contribution is 2.20. The second-order valence-corrected chi connectivity index (χ2v) is 8.06. The van der Waals surface area contributed by atoms with Gasteiger partial charge in [-0.25, -0.2) is 4.79 Å². The third kappa shape index (κ3) is 6.69. The molecule has 0 saturated carbocycles. The fourth-order valence-electron chi connectivity index (χ4n) is 2.74. The van der Waals surface area contributed by atoms with Gasteiger partial charge < -0.3 is 15.4 Å². The average Bonchev–Trinajstić information content (AvgIpc) is 2.52.